The van der Waals surface area contributed by atoms with Crippen LogP contribution in [-0.4, -0.2) is 11.2 Å². The van der Waals surface area contributed by atoms with Crippen molar-refractivity contribution < 1.29 is 5.11 Å². The third-order valence-corrected chi connectivity index (χ3v) is 9.19. The highest BCUT2D eigenvalue weighted by atomic mass is 16.3. The first-order valence-corrected chi connectivity index (χ1v) is 12.8. The standard InChI is InChI=1S/C30H48O/c1-21(11-9-16-28(4,5)6)26-15-18-29(7)25(12-10-17-30(26,29)8)14-13-24-19-22(2)23(3)27(31)20-24/h13-14,22,27,31H,3,9-12,15-20H2,1-2,4-8H3/b24-13-,25-14+,26-21-/t22-,27-,29+,30-/m1/s1. The minimum atomic E-state index is -0.364. The number of hydrogen-bond donors (Lipinski definition) is 1. The predicted octanol–water partition coefficient (Wildman–Crippen LogP) is 8.71. The Kier molecular flexibility index (Phi) is 7.17. The summed E-state index contributed by atoms with van der Waals surface area (Å²) in [6.45, 7) is 20.9. The molecule has 1 nitrogen and oxygen atoms in total. The third-order valence-electron chi connectivity index (χ3n) is 9.19. The Labute approximate surface area is 192 Å². The summed E-state index contributed by atoms with van der Waals surface area (Å²) >= 11 is 0. The molecule has 0 saturated heterocycles. The molecule has 0 spiro atoms. The third kappa shape index (κ3) is 4.97. The molecule has 3 aliphatic rings. The van der Waals surface area contributed by atoms with Crippen molar-refractivity contribution in [1.29, 1.82) is 0 Å². The predicted molar refractivity (Wildman–Crippen MR) is 135 cm³/mol. The molecule has 3 aliphatic carbocycles. The zero-order valence-corrected chi connectivity index (χ0v) is 21.5. The normalized spacial score (nSPS) is 38.6. The molecule has 1 heteroatoms. The number of aliphatic hydroxyl groups is 1. The Morgan fingerprint density at radius 3 is 2.45 bits per heavy atom. The zero-order chi connectivity index (χ0) is 23.0. The molecule has 0 aliphatic heterocycles. The maximum absolute atomic E-state index is 10.3. The van der Waals surface area contributed by atoms with Crippen molar-refractivity contribution in [3.8, 4) is 0 Å². The molecule has 0 aromatic rings. The highest BCUT2D eigenvalue weighted by Gasteiger charge is 2.54. The van der Waals surface area contributed by atoms with Gasteiger partial charge in [-0.25, -0.2) is 0 Å². The van der Waals surface area contributed by atoms with E-state index >= 15 is 0 Å². The lowest BCUT2D eigenvalue weighted by Gasteiger charge is -2.48. The van der Waals surface area contributed by atoms with Crippen molar-refractivity contribution in [3.63, 3.8) is 0 Å². The van der Waals surface area contributed by atoms with E-state index < -0.39 is 0 Å². The molecule has 31 heavy (non-hydrogen) atoms. The molecule has 0 aromatic carbocycles. The van der Waals surface area contributed by atoms with Gasteiger partial charge >= 0.3 is 0 Å². The van der Waals surface area contributed by atoms with Gasteiger partial charge in [0.1, 0.15) is 0 Å². The summed E-state index contributed by atoms with van der Waals surface area (Å²) in [4.78, 5) is 0. The Morgan fingerprint density at radius 1 is 1.10 bits per heavy atom. The van der Waals surface area contributed by atoms with Crippen LogP contribution in [0.5, 0.6) is 0 Å². The van der Waals surface area contributed by atoms with Gasteiger partial charge in [-0.3, -0.25) is 0 Å². The molecule has 3 rings (SSSR count). The van der Waals surface area contributed by atoms with Crippen LogP contribution in [0.2, 0.25) is 0 Å². The highest BCUT2D eigenvalue weighted by Crippen LogP contribution is 2.65. The molecule has 3 saturated carbocycles. The maximum Gasteiger partial charge on any atom is 0.0787 e. The molecule has 0 aromatic heterocycles. The van der Waals surface area contributed by atoms with Crippen LogP contribution in [0.4, 0.5) is 0 Å². The quantitative estimate of drug-likeness (QED) is 0.447. The maximum atomic E-state index is 10.3. The van der Waals surface area contributed by atoms with E-state index in [4.69, 9.17) is 0 Å². The second-order valence-electron chi connectivity index (χ2n) is 12.6. The monoisotopic (exact) mass is 424 g/mol. The minimum Gasteiger partial charge on any atom is -0.388 e. The van der Waals surface area contributed by atoms with E-state index in [9.17, 15) is 5.11 Å². The van der Waals surface area contributed by atoms with Crippen molar-refractivity contribution in [1.82, 2.24) is 0 Å². The Hall–Kier alpha value is -1.08. The fourth-order valence-electron chi connectivity index (χ4n) is 6.77. The fourth-order valence-corrected chi connectivity index (χ4v) is 6.77. The van der Waals surface area contributed by atoms with E-state index in [-0.39, 0.29) is 11.5 Å². The summed E-state index contributed by atoms with van der Waals surface area (Å²) in [5.41, 5.74) is 8.54. The van der Waals surface area contributed by atoms with Crippen molar-refractivity contribution >= 4 is 0 Å². The van der Waals surface area contributed by atoms with Gasteiger partial charge in [-0.15, -0.1) is 0 Å². The van der Waals surface area contributed by atoms with Gasteiger partial charge in [0.05, 0.1) is 6.10 Å². The second-order valence-corrected chi connectivity index (χ2v) is 12.6. The molecule has 4 atom stereocenters. The van der Waals surface area contributed by atoms with Crippen LogP contribution in [0.3, 0.4) is 0 Å². The molecular weight excluding hydrogens is 376 g/mol. The van der Waals surface area contributed by atoms with E-state index in [1.54, 1.807) is 16.7 Å². The first kappa shape index (κ1) is 24.6. The first-order chi connectivity index (χ1) is 14.4. The lowest BCUT2D eigenvalue weighted by molar-refractivity contribution is 0.137. The first-order valence-electron chi connectivity index (χ1n) is 12.8. The summed E-state index contributed by atoms with van der Waals surface area (Å²) in [5.74, 6) is 0.386. The number of rotatable bonds is 4. The van der Waals surface area contributed by atoms with Crippen molar-refractivity contribution in [2.45, 2.75) is 119 Å². The number of allylic oxidation sites excluding steroid dienone is 5. The van der Waals surface area contributed by atoms with Crippen LogP contribution in [0.25, 0.3) is 0 Å². The molecule has 0 heterocycles. The van der Waals surface area contributed by atoms with Gasteiger partial charge in [-0.1, -0.05) is 82.6 Å². The molecule has 0 unspecified atom stereocenters. The van der Waals surface area contributed by atoms with Crippen LogP contribution in [0, 0.1) is 22.2 Å². The Balaban J connectivity index is 1.81. The minimum absolute atomic E-state index is 0.283. The van der Waals surface area contributed by atoms with Gasteiger partial charge < -0.3 is 5.11 Å². The molecule has 1 N–H and O–H groups in total. The van der Waals surface area contributed by atoms with Crippen LogP contribution in [-0.2, 0) is 0 Å². The van der Waals surface area contributed by atoms with Gasteiger partial charge in [-0.05, 0) is 98.9 Å². The molecule has 0 bridgehead atoms. The lowest BCUT2D eigenvalue weighted by atomic mass is 9.56. The summed E-state index contributed by atoms with van der Waals surface area (Å²) < 4.78 is 0. The topological polar surface area (TPSA) is 20.2 Å². The molecular formula is C30H48O. The lowest BCUT2D eigenvalue weighted by Crippen LogP contribution is -2.38. The molecule has 0 amide bonds. The number of fused-ring (bicyclic) bond motifs is 1. The molecule has 3 fully saturated rings. The van der Waals surface area contributed by atoms with Gasteiger partial charge in [-0.2, -0.15) is 0 Å². The zero-order valence-electron chi connectivity index (χ0n) is 21.5. The highest BCUT2D eigenvalue weighted by molar-refractivity contribution is 5.39. The Bertz CT molecular complexity index is 770. The number of aliphatic hydroxyl groups excluding tert-OH is 1. The van der Waals surface area contributed by atoms with Crippen molar-refractivity contribution in [2.75, 3.05) is 0 Å². The number of hydrogen-bond acceptors (Lipinski definition) is 1. The largest absolute Gasteiger partial charge is 0.388 e. The SMILES string of the molecule is C=C1[C@H](C)C/C(=C/C=C2\CCC[C@]3(C)/C(=C(/C)CCCC(C)(C)C)CC[C@@]23C)C[C@H]1O. The fraction of sp³-hybridized carbons (Fsp3) is 0.733. The average Bonchev–Trinajstić information content (AvgIpc) is 2.95. The van der Waals surface area contributed by atoms with Crippen LogP contribution in [0.15, 0.2) is 46.6 Å². The molecule has 174 valence electrons. The van der Waals surface area contributed by atoms with E-state index in [1.807, 2.05) is 0 Å². The Morgan fingerprint density at radius 2 is 1.81 bits per heavy atom. The van der Waals surface area contributed by atoms with Crippen molar-refractivity contribution in [2.24, 2.45) is 22.2 Å². The summed E-state index contributed by atoms with van der Waals surface area (Å²) in [7, 11) is 0. The van der Waals surface area contributed by atoms with Crippen LogP contribution < -0.4 is 0 Å². The van der Waals surface area contributed by atoms with Crippen LogP contribution >= 0.6 is 0 Å². The summed E-state index contributed by atoms with van der Waals surface area (Å²) in [5, 5.41) is 10.3. The summed E-state index contributed by atoms with van der Waals surface area (Å²) in [6, 6.07) is 0. The van der Waals surface area contributed by atoms with E-state index in [0.29, 0.717) is 16.7 Å². The second kappa shape index (κ2) is 9.05. The van der Waals surface area contributed by atoms with Gasteiger partial charge in [0.25, 0.3) is 0 Å². The van der Waals surface area contributed by atoms with E-state index in [1.165, 1.54) is 56.9 Å². The van der Waals surface area contributed by atoms with E-state index in [2.05, 4.69) is 67.2 Å². The van der Waals surface area contributed by atoms with E-state index in [0.717, 1.165) is 18.4 Å². The summed E-state index contributed by atoms with van der Waals surface area (Å²) in [6.07, 6.45) is 16.6. The van der Waals surface area contributed by atoms with Gasteiger partial charge in [0.15, 0.2) is 0 Å². The van der Waals surface area contributed by atoms with Crippen LogP contribution in [0.1, 0.15) is 113 Å². The van der Waals surface area contributed by atoms with Crippen molar-refractivity contribution in [3.05, 3.63) is 46.6 Å². The molecule has 0 radical (unpaired) electrons. The average molecular weight is 425 g/mol. The van der Waals surface area contributed by atoms with Gasteiger partial charge in [0.2, 0.25) is 0 Å². The van der Waals surface area contributed by atoms with Gasteiger partial charge in [0, 0.05) is 0 Å². The smallest absolute Gasteiger partial charge is 0.0787 e.